The van der Waals surface area contributed by atoms with Gasteiger partial charge in [0.15, 0.2) is 11.6 Å². The number of aliphatic hydroxyl groups excluding tert-OH is 1. The number of methoxy groups -OCH3 is 1. The average Bonchev–Trinajstić information content (AvgIpc) is 1.73. The highest BCUT2D eigenvalue weighted by atomic mass is 32.1. The number of aliphatic hydroxyl groups is 1. The Bertz CT molecular complexity index is 3840. The van der Waals surface area contributed by atoms with E-state index in [0.717, 1.165) is 28.3 Å². The minimum atomic E-state index is -1.33. The third kappa shape index (κ3) is 40.1. The third-order valence-electron chi connectivity index (χ3n) is 23.1. The van der Waals surface area contributed by atoms with E-state index in [9.17, 15) is 67.4 Å². The smallest absolute Gasteiger partial charge is 0.411 e. The molecule has 3 saturated heterocycles. The van der Waals surface area contributed by atoms with Crippen molar-refractivity contribution in [1.82, 2.24) is 50.3 Å². The van der Waals surface area contributed by atoms with E-state index < -0.39 is 72.0 Å². The predicted octanol–water partition coefficient (Wildman–Crippen LogP) is 10.1. The Labute approximate surface area is 758 Å². The molecule has 4 heterocycles. The number of nitrogens with two attached hydrogens (primary N) is 1. The summed E-state index contributed by atoms with van der Waals surface area (Å²) in [5.74, 6) is -5.12. The summed E-state index contributed by atoms with van der Waals surface area (Å²) in [6, 6.07) is 13.5. The van der Waals surface area contributed by atoms with Gasteiger partial charge in [-0.1, -0.05) is 146 Å². The number of benzene rings is 2. The van der Waals surface area contributed by atoms with E-state index in [2.05, 4.69) is 58.8 Å². The molecule has 12 atom stereocenters. The van der Waals surface area contributed by atoms with Crippen molar-refractivity contribution in [1.29, 1.82) is 0 Å². The molecule has 0 saturated carbocycles. The molecular weight excluding hydrogens is 1650 g/mol. The highest BCUT2D eigenvalue weighted by Gasteiger charge is 2.45. The number of primary amides is 1. The van der Waals surface area contributed by atoms with E-state index in [1.807, 2.05) is 112 Å². The van der Waals surface area contributed by atoms with Crippen molar-refractivity contribution in [2.24, 2.45) is 58.5 Å². The van der Waals surface area contributed by atoms with E-state index in [1.165, 1.54) is 37.3 Å². The molecular formula is C94H152N12O20S. The van der Waals surface area contributed by atoms with Crippen molar-refractivity contribution in [2.75, 3.05) is 145 Å². The zero-order chi connectivity index (χ0) is 94.6. The van der Waals surface area contributed by atoms with Gasteiger partial charge in [-0.05, 0) is 91.9 Å². The largest absolute Gasteiger partial charge is 0.431 e. The average molecular weight is 1800 g/mol. The number of carbonyl (C=O) groups is 13. The summed E-state index contributed by atoms with van der Waals surface area (Å²) in [5.41, 5.74) is 7.57. The fourth-order valence-corrected chi connectivity index (χ4v) is 16.6. The topological polar surface area (TPSA) is 404 Å². The van der Waals surface area contributed by atoms with Crippen LogP contribution in [0.1, 0.15) is 215 Å². The van der Waals surface area contributed by atoms with Crippen molar-refractivity contribution in [3.63, 3.8) is 0 Å². The van der Waals surface area contributed by atoms with Crippen LogP contribution in [0.5, 0.6) is 0 Å². The predicted molar refractivity (Wildman–Crippen MR) is 488 cm³/mol. The number of urea groups is 1. The Hall–Kier alpha value is -8.70. The molecule has 0 aliphatic carbocycles. The summed E-state index contributed by atoms with van der Waals surface area (Å²) in [5, 5.41) is 24.5. The van der Waals surface area contributed by atoms with Crippen molar-refractivity contribution >= 4 is 93.8 Å². The van der Waals surface area contributed by atoms with Gasteiger partial charge in [-0.3, -0.25) is 57.6 Å². The van der Waals surface area contributed by atoms with Crippen LogP contribution in [-0.2, 0) is 87.6 Å². The summed E-state index contributed by atoms with van der Waals surface area (Å²) in [6.45, 7) is 35.1. The molecule has 714 valence electrons. The number of nitrogens with one attached hydrogen (secondary N) is 4. The number of anilines is 1. The first-order chi connectivity index (χ1) is 60.1. The second-order valence-corrected chi connectivity index (χ2v) is 37.3. The lowest BCUT2D eigenvalue weighted by atomic mass is 9.80. The lowest BCUT2D eigenvalue weighted by molar-refractivity contribution is -0.148. The fraction of sp³-hybridized carbons (Fsp3) is 0.702. The number of likely N-dealkylation sites (N-methyl/N-ethyl adjacent to an activating group) is 3. The van der Waals surface area contributed by atoms with Crippen LogP contribution in [0, 0.1) is 52.8 Å². The zero-order valence-electron chi connectivity index (χ0n) is 79.3. The number of thiazole rings is 1. The quantitative estimate of drug-likeness (QED) is 0.0226. The van der Waals surface area contributed by atoms with Crippen LogP contribution in [-0.4, -0.2) is 287 Å². The number of hydrogen-bond donors (Lipinski definition) is 6. The molecule has 1 aromatic heterocycles. The summed E-state index contributed by atoms with van der Waals surface area (Å²) in [4.78, 5) is 183. The maximum atomic E-state index is 14.9. The SMILES string of the molecule is CC(C)(C)C.CC(C)[C@H](NC(=O)CCOCCOCCOCCOCCNC(=O)CCN1C(=O)CCC1=O)C(=O)C[C@H](C)CCCNC(N)=O.CC[C@H](C)[C@@H]([C@@H](CC(=O)N1CCC[C@H]1[C@H](CO)[C@@H](C)C(=O)C[C@@H](Cc1ccccc1)c1nccs1)OC)N(C)C(=O)[C@@H](CC(=O)[C@H](C(C)C)N(C)C(=O)OC(C(=O)N1CCN(C)CC1)c1ccc(NC(C)=O)cc1)C(C)C. The van der Waals surface area contributed by atoms with Gasteiger partial charge >= 0.3 is 12.1 Å². The summed E-state index contributed by atoms with van der Waals surface area (Å²) in [6.07, 6.45) is 3.98. The molecule has 3 fully saturated rings. The zero-order valence-corrected chi connectivity index (χ0v) is 80.1. The Morgan fingerprint density at radius 2 is 1.28 bits per heavy atom. The summed E-state index contributed by atoms with van der Waals surface area (Å²) >= 11 is 1.53. The number of imide groups is 1. The monoisotopic (exact) mass is 1800 g/mol. The maximum Gasteiger partial charge on any atom is 0.411 e. The van der Waals surface area contributed by atoms with E-state index in [0.29, 0.717) is 141 Å². The van der Waals surface area contributed by atoms with Crippen LogP contribution >= 0.6 is 11.3 Å². The molecule has 3 aromatic rings. The van der Waals surface area contributed by atoms with Crippen LogP contribution in [0.2, 0.25) is 0 Å². The van der Waals surface area contributed by atoms with Gasteiger partial charge in [-0.15, -0.1) is 11.3 Å². The Morgan fingerprint density at radius 1 is 0.685 bits per heavy atom. The van der Waals surface area contributed by atoms with Crippen LogP contribution in [0.4, 0.5) is 15.3 Å². The van der Waals surface area contributed by atoms with Crippen LogP contribution < -0.4 is 27.0 Å². The molecule has 3 aliphatic heterocycles. The Morgan fingerprint density at radius 3 is 1.82 bits per heavy atom. The molecule has 0 spiro atoms. The van der Waals surface area contributed by atoms with E-state index in [1.54, 1.807) is 52.2 Å². The van der Waals surface area contributed by atoms with Crippen LogP contribution in [0.15, 0.2) is 66.2 Å². The first kappa shape index (κ1) is 111. The van der Waals surface area contributed by atoms with Gasteiger partial charge in [0.25, 0.3) is 5.91 Å². The Kier molecular flexibility index (Phi) is 50.6. The molecule has 3 aliphatic rings. The second-order valence-electron chi connectivity index (χ2n) is 36.4. The minimum Gasteiger partial charge on any atom is -0.431 e. The lowest BCUT2D eigenvalue weighted by Gasteiger charge is -2.41. The molecule has 0 bridgehead atoms. The molecule has 2 aromatic carbocycles. The van der Waals surface area contributed by atoms with Crippen molar-refractivity contribution < 1.29 is 95.9 Å². The number of amides is 11. The summed E-state index contributed by atoms with van der Waals surface area (Å²) in [7, 11) is 6.68. The highest BCUT2D eigenvalue weighted by molar-refractivity contribution is 7.09. The van der Waals surface area contributed by atoms with Gasteiger partial charge in [-0.25, -0.2) is 14.6 Å². The van der Waals surface area contributed by atoms with Gasteiger partial charge in [0, 0.05) is 185 Å². The van der Waals surface area contributed by atoms with Gasteiger partial charge < -0.3 is 85.0 Å². The third-order valence-corrected chi connectivity index (χ3v) is 24.0. The van der Waals surface area contributed by atoms with Gasteiger partial charge in [0.2, 0.25) is 47.5 Å². The number of Topliss-reactive ketones (excluding diaryl/α,β-unsaturated/α-hetero) is 3. The summed E-state index contributed by atoms with van der Waals surface area (Å²) < 4.78 is 33.9. The molecule has 32 nitrogen and oxygen atoms in total. The van der Waals surface area contributed by atoms with E-state index in [4.69, 9.17) is 34.2 Å². The molecule has 6 rings (SSSR count). The first-order valence-electron chi connectivity index (χ1n) is 45.4. The molecule has 11 amide bonds. The number of carbonyl (C=O) groups excluding carboxylic acids is 13. The van der Waals surface area contributed by atoms with Gasteiger partial charge in [0.05, 0.1) is 88.5 Å². The van der Waals surface area contributed by atoms with Crippen molar-refractivity contribution in [3.05, 3.63) is 82.3 Å². The first-order valence-corrected chi connectivity index (χ1v) is 46.2. The number of ketones is 3. The van der Waals surface area contributed by atoms with Crippen LogP contribution in [0.25, 0.3) is 0 Å². The van der Waals surface area contributed by atoms with Crippen molar-refractivity contribution in [3.8, 4) is 0 Å². The number of piperazine rings is 1. The molecule has 7 N–H and O–H groups in total. The number of rotatable bonds is 54. The molecule has 1 unspecified atom stereocenters. The Balaban J connectivity index is 0.000000572. The van der Waals surface area contributed by atoms with Gasteiger partial charge in [0.1, 0.15) is 5.78 Å². The number of likely N-dealkylation sites (tertiary alicyclic amines) is 2. The normalized spacial score (nSPS) is 16.9. The van der Waals surface area contributed by atoms with Gasteiger partial charge in [-0.2, -0.15) is 0 Å². The molecule has 127 heavy (non-hydrogen) atoms. The standard InChI is InChI=1S/C59H87N7O10S.C30H53N5O10.C5H12/c1-13-39(6)54(51(75-12)35-52(71)66-26-17-20-48(66)47(36-67)40(7)49(69)33-44(56-60-25-31-77-56)32-42-18-15-14-16-19-42)63(10)57(72)46(37(2)3)34-50(70)53(38(4)5)64(11)59(74)76-55(58(73)65-29-27-62(9)28-30-65)43-21-23-45(24-22-43)61-41(8)68;1-22(2)29(24(36)21-23(3)5-4-10-33-30(31)41)34-26(38)9-13-42-15-17-44-19-20-45-18-16-43-14-11-32-25(37)8-12-35-27(39)6-7-28(35)40;1-5(2,3)4/h14-16,18-19,21-25,31,37-40,44,46-48,51,53-55,67H,13,17,20,26-30,32-36H2,1-12H3,(H,61,68);22-23,29H,4-21H2,1-3H3,(H,32,37)(H,34,38)(H3,31,33,41);1-4H3/t39-,40+,44+,46-,47+,48-,51+,53-,54-,55?;23-,29+;/m01./s1. The number of ether oxygens (including phenoxy) is 6. The van der Waals surface area contributed by atoms with Crippen LogP contribution in [0.3, 0.4) is 0 Å². The maximum absolute atomic E-state index is 14.9. The van der Waals surface area contributed by atoms with Crippen molar-refractivity contribution in [2.45, 2.75) is 236 Å². The number of nitrogens with zero attached hydrogens (tertiary/aromatic N) is 7. The van der Waals surface area contributed by atoms with E-state index in [-0.39, 0.29) is 159 Å². The fourth-order valence-electron chi connectivity index (χ4n) is 15.8. The number of aromatic nitrogens is 1. The minimum absolute atomic E-state index is 0.00939. The number of hydrogen-bond acceptors (Lipinski definition) is 23. The van der Waals surface area contributed by atoms with E-state index >= 15 is 0 Å². The lowest BCUT2D eigenvalue weighted by Crippen LogP contribution is -2.54. The second kappa shape index (κ2) is 58.1. The molecule has 0 radical (unpaired) electrons. The highest BCUT2D eigenvalue weighted by Crippen LogP contribution is 2.36. The molecule has 33 heteroatoms.